The molecule has 0 aromatic heterocycles. The lowest BCUT2D eigenvalue weighted by Gasteiger charge is -2.31. The Balaban J connectivity index is 0.000000478. The van der Waals surface area contributed by atoms with Gasteiger partial charge in [-0.05, 0) is 37.0 Å². The SMILES string of the molecule is C=CC(=O)OC1CC2CC1C1C2CC2OC21.CC. The normalized spacial score (nSPS) is 49.8. The molecule has 3 heteroatoms. The number of esters is 1. The van der Waals surface area contributed by atoms with Crippen molar-refractivity contribution < 1.29 is 14.3 Å². The molecule has 3 nitrogen and oxygen atoms in total. The molecule has 0 N–H and O–H groups in total. The lowest BCUT2D eigenvalue weighted by Crippen LogP contribution is -2.34. The van der Waals surface area contributed by atoms with Gasteiger partial charge in [-0.3, -0.25) is 0 Å². The van der Waals surface area contributed by atoms with Crippen molar-refractivity contribution in [3.63, 3.8) is 0 Å². The van der Waals surface area contributed by atoms with E-state index in [9.17, 15) is 4.79 Å². The van der Waals surface area contributed by atoms with E-state index in [1.165, 1.54) is 18.9 Å². The summed E-state index contributed by atoms with van der Waals surface area (Å²) in [5, 5.41) is 0. The van der Waals surface area contributed by atoms with Crippen LogP contribution in [0.2, 0.25) is 0 Å². The number of carbonyl (C=O) groups excluding carboxylic acids is 1. The van der Waals surface area contributed by atoms with Crippen molar-refractivity contribution in [1.82, 2.24) is 0 Å². The van der Waals surface area contributed by atoms with E-state index >= 15 is 0 Å². The summed E-state index contributed by atoms with van der Waals surface area (Å²) in [6, 6.07) is 0. The molecule has 0 spiro atoms. The summed E-state index contributed by atoms with van der Waals surface area (Å²) in [5.74, 6) is 2.64. The molecule has 4 aliphatic rings. The fourth-order valence-corrected chi connectivity index (χ4v) is 4.58. The summed E-state index contributed by atoms with van der Waals surface area (Å²) in [6.45, 7) is 7.46. The molecule has 7 unspecified atom stereocenters. The van der Waals surface area contributed by atoms with Gasteiger partial charge in [0.05, 0.1) is 12.2 Å². The van der Waals surface area contributed by atoms with Crippen LogP contribution in [0.3, 0.4) is 0 Å². The Labute approximate surface area is 109 Å². The average Bonchev–Trinajstić information content (AvgIpc) is 2.78. The van der Waals surface area contributed by atoms with Gasteiger partial charge in [0.15, 0.2) is 0 Å². The minimum absolute atomic E-state index is 0.139. The van der Waals surface area contributed by atoms with E-state index in [2.05, 4.69) is 6.58 Å². The second-order valence-electron chi connectivity index (χ2n) is 5.69. The molecule has 4 rings (SSSR count). The quantitative estimate of drug-likeness (QED) is 0.429. The van der Waals surface area contributed by atoms with Gasteiger partial charge in [-0.15, -0.1) is 0 Å². The number of rotatable bonds is 2. The highest BCUT2D eigenvalue weighted by Crippen LogP contribution is 2.64. The summed E-state index contributed by atoms with van der Waals surface area (Å²) in [7, 11) is 0. The summed E-state index contributed by atoms with van der Waals surface area (Å²) in [6.07, 6.45) is 6.05. The van der Waals surface area contributed by atoms with E-state index in [1.54, 1.807) is 0 Å². The maximum Gasteiger partial charge on any atom is 0.330 e. The molecule has 4 fully saturated rings. The first-order chi connectivity index (χ1) is 8.78. The molecule has 0 radical (unpaired) electrons. The predicted molar refractivity (Wildman–Crippen MR) is 67.9 cm³/mol. The highest BCUT2D eigenvalue weighted by atomic mass is 16.6. The molecule has 1 saturated heterocycles. The maximum atomic E-state index is 11.3. The third kappa shape index (κ3) is 1.63. The van der Waals surface area contributed by atoms with Crippen LogP contribution in [0.1, 0.15) is 33.1 Å². The Kier molecular flexibility index (Phi) is 2.97. The first kappa shape index (κ1) is 12.2. The van der Waals surface area contributed by atoms with E-state index in [4.69, 9.17) is 9.47 Å². The summed E-state index contributed by atoms with van der Waals surface area (Å²) in [5.41, 5.74) is 0. The molecule has 2 bridgehead atoms. The van der Waals surface area contributed by atoms with E-state index in [-0.39, 0.29) is 12.1 Å². The second kappa shape index (κ2) is 4.37. The second-order valence-corrected chi connectivity index (χ2v) is 5.69. The van der Waals surface area contributed by atoms with Crippen LogP contribution in [0.25, 0.3) is 0 Å². The topological polar surface area (TPSA) is 38.8 Å². The van der Waals surface area contributed by atoms with Crippen LogP contribution < -0.4 is 0 Å². The molecule has 3 aliphatic carbocycles. The number of epoxide rings is 1. The van der Waals surface area contributed by atoms with Crippen LogP contribution in [-0.4, -0.2) is 24.3 Å². The van der Waals surface area contributed by atoms with Crippen molar-refractivity contribution in [3.05, 3.63) is 12.7 Å². The van der Waals surface area contributed by atoms with Gasteiger partial charge in [0, 0.05) is 12.0 Å². The monoisotopic (exact) mass is 250 g/mol. The predicted octanol–water partition coefficient (Wildman–Crippen LogP) is 2.55. The summed E-state index contributed by atoms with van der Waals surface area (Å²) < 4.78 is 11.1. The lowest BCUT2D eigenvalue weighted by atomic mass is 9.79. The molecule has 7 atom stereocenters. The van der Waals surface area contributed by atoms with Gasteiger partial charge in [-0.1, -0.05) is 20.4 Å². The molecule has 1 heterocycles. The van der Waals surface area contributed by atoms with Crippen molar-refractivity contribution in [1.29, 1.82) is 0 Å². The summed E-state index contributed by atoms with van der Waals surface area (Å²) in [4.78, 5) is 11.3. The lowest BCUT2D eigenvalue weighted by molar-refractivity contribution is -0.147. The van der Waals surface area contributed by atoms with Crippen molar-refractivity contribution in [2.75, 3.05) is 0 Å². The van der Waals surface area contributed by atoms with E-state index < -0.39 is 0 Å². The molecular formula is C15H22O3. The standard InChI is InChI=1S/C13H16O3.C2H6/c1-2-11(14)15-9-4-6-3-8(9)12-7(6)5-10-13(12)16-10;1-2/h2,6-10,12-13H,1,3-5H2;1-2H3. The van der Waals surface area contributed by atoms with Crippen LogP contribution >= 0.6 is 0 Å². The number of hydrogen-bond donors (Lipinski definition) is 0. The number of carbonyl (C=O) groups is 1. The van der Waals surface area contributed by atoms with Crippen LogP contribution in [0.15, 0.2) is 12.7 Å². The third-order valence-electron chi connectivity index (χ3n) is 5.12. The van der Waals surface area contributed by atoms with Gasteiger partial charge in [0.2, 0.25) is 0 Å². The molecule has 100 valence electrons. The highest BCUT2D eigenvalue weighted by Gasteiger charge is 2.67. The molecule has 18 heavy (non-hydrogen) atoms. The van der Waals surface area contributed by atoms with Crippen LogP contribution in [-0.2, 0) is 14.3 Å². The van der Waals surface area contributed by atoms with Crippen molar-refractivity contribution in [3.8, 4) is 0 Å². The van der Waals surface area contributed by atoms with E-state index in [0.717, 1.165) is 18.3 Å². The zero-order valence-corrected chi connectivity index (χ0v) is 11.2. The number of ether oxygens (including phenoxy) is 2. The minimum Gasteiger partial charge on any atom is -0.459 e. The van der Waals surface area contributed by atoms with Gasteiger partial charge >= 0.3 is 5.97 Å². The molecule has 3 saturated carbocycles. The number of hydrogen-bond acceptors (Lipinski definition) is 3. The Bertz CT molecular complexity index is 365. The van der Waals surface area contributed by atoms with Crippen molar-refractivity contribution in [2.24, 2.45) is 23.7 Å². The zero-order valence-electron chi connectivity index (χ0n) is 11.2. The molecule has 0 aromatic rings. The first-order valence-corrected chi connectivity index (χ1v) is 7.26. The fraction of sp³-hybridized carbons (Fsp3) is 0.800. The Morgan fingerprint density at radius 3 is 2.78 bits per heavy atom. The van der Waals surface area contributed by atoms with Crippen LogP contribution in [0.4, 0.5) is 0 Å². The average molecular weight is 250 g/mol. The zero-order chi connectivity index (χ0) is 12.9. The third-order valence-corrected chi connectivity index (χ3v) is 5.12. The van der Waals surface area contributed by atoms with E-state index in [1.807, 2.05) is 13.8 Å². The van der Waals surface area contributed by atoms with Gasteiger partial charge in [-0.2, -0.15) is 0 Å². The minimum atomic E-state index is -0.264. The molecule has 0 aromatic carbocycles. The van der Waals surface area contributed by atoms with Crippen LogP contribution in [0, 0.1) is 23.7 Å². The van der Waals surface area contributed by atoms with Gasteiger partial charge in [-0.25, -0.2) is 4.79 Å². The smallest absolute Gasteiger partial charge is 0.330 e. The van der Waals surface area contributed by atoms with Gasteiger partial charge in [0.25, 0.3) is 0 Å². The van der Waals surface area contributed by atoms with Gasteiger partial charge in [0.1, 0.15) is 6.10 Å². The Morgan fingerprint density at radius 1 is 1.28 bits per heavy atom. The Hall–Kier alpha value is -0.830. The highest BCUT2D eigenvalue weighted by molar-refractivity contribution is 5.81. The van der Waals surface area contributed by atoms with Crippen LogP contribution in [0.5, 0.6) is 0 Å². The fourth-order valence-electron chi connectivity index (χ4n) is 4.58. The van der Waals surface area contributed by atoms with Crippen molar-refractivity contribution >= 4 is 5.97 Å². The molecular weight excluding hydrogens is 228 g/mol. The van der Waals surface area contributed by atoms with Gasteiger partial charge < -0.3 is 9.47 Å². The maximum absolute atomic E-state index is 11.3. The van der Waals surface area contributed by atoms with Crippen molar-refractivity contribution in [2.45, 2.75) is 51.4 Å². The number of fused-ring (bicyclic) bond motifs is 7. The first-order valence-electron chi connectivity index (χ1n) is 7.26. The van der Waals surface area contributed by atoms with E-state index in [0.29, 0.717) is 24.0 Å². The summed E-state index contributed by atoms with van der Waals surface area (Å²) >= 11 is 0. The Morgan fingerprint density at radius 2 is 2.06 bits per heavy atom. The molecule has 0 amide bonds. The largest absolute Gasteiger partial charge is 0.459 e. The molecule has 1 aliphatic heterocycles.